The van der Waals surface area contributed by atoms with Crippen molar-refractivity contribution in [3.8, 4) is 0 Å². The number of nitrogens with two attached hydrogens (primary N) is 1. The fourth-order valence-electron chi connectivity index (χ4n) is 1.95. The van der Waals surface area contributed by atoms with Crippen LogP contribution in [0, 0.1) is 5.92 Å². The molecule has 0 aromatic heterocycles. The van der Waals surface area contributed by atoms with Crippen molar-refractivity contribution in [3.05, 3.63) is 30.3 Å². The molecule has 1 aliphatic rings. The molecule has 0 radical (unpaired) electrons. The van der Waals surface area contributed by atoms with E-state index in [-0.39, 0.29) is 0 Å². The van der Waals surface area contributed by atoms with Crippen molar-refractivity contribution >= 4 is 11.6 Å². The Morgan fingerprint density at radius 3 is 2.89 bits per heavy atom. The lowest BCUT2D eigenvalue weighted by molar-refractivity contribution is 0.0582. The number of guanidine groups is 1. The Hall–Kier alpha value is -1.59. The van der Waals surface area contributed by atoms with E-state index in [0.717, 1.165) is 31.9 Å². The molecule has 5 heteroatoms. The van der Waals surface area contributed by atoms with Gasteiger partial charge >= 0.3 is 0 Å². The van der Waals surface area contributed by atoms with E-state index in [1.54, 1.807) is 0 Å². The second-order valence-corrected chi connectivity index (χ2v) is 4.41. The smallest absolute Gasteiger partial charge is 0.210 e. The van der Waals surface area contributed by atoms with Gasteiger partial charge in [0.15, 0.2) is 0 Å². The number of ether oxygens (including phenoxy) is 1. The van der Waals surface area contributed by atoms with Crippen LogP contribution in [0.1, 0.15) is 12.8 Å². The summed E-state index contributed by atoms with van der Waals surface area (Å²) in [7, 11) is 0. The van der Waals surface area contributed by atoms with Crippen LogP contribution in [0.5, 0.6) is 0 Å². The minimum Gasteiger partial charge on any atom is -0.381 e. The molecule has 1 aromatic rings. The van der Waals surface area contributed by atoms with Crippen molar-refractivity contribution in [1.82, 2.24) is 5.43 Å². The average Bonchev–Trinajstić information content (AvgIpc) is 2.45. The van der Waals surface area contributed by atoms with Gasteiger partial charge in [-0.25, -0.2) is 5.84 Å². The highest BCUT2D eigenvalue weighted by atomic mass is 16.5. The number of nitrogens with zero attached hydrogens (tertiary/aromatic N) is 1. The van der Waals surface area contributed by atoms with Crippen molar-refractivity contribution in [3.63, 3.8) is 0 Å². The molecule has 1 atom stereocenters. The molecular formula is C13H20N4O. The van der Waals surface area contributed by atoms with E-state index >= 15 is 0 Å². The quantitative estimate of drug-likeness (QED) is 0.327. The van der Waals surface area contributed by atoms with E-state index in [0.29, 0.717) is 11.9 Å². The lowest BCUT2D eigenvalue weighted by Gasteiger charge is -2.20. The fraction of sp³-hybridized carbons (Fsp3) is 0.462. The summed E-state index contributed by atoms with van der Waals surface area (Å²) in [4.78, 5) is 4.45. The van der Waals surface area contributed by atoms with Crippen LogP contribution in [0.15, 0.2) is 35.3 Å². The van der Waals surface area contributed by atoms with Crippen molar-refractivity contribution in [1.29, 1.82) is 0 Å². The molecule has 0 bridgehead atoms. The molecule has 1 heterocycles. The topological polar surface area (TPSA) is 71.7 Å². The SMILES string of the molecule is NNC(=NCC1CCCOC1)Nc1ccccc1. The lowest BCUT2D eigenvalue weighted by atomic mass is 10.0. The van der Waals surface area contributed by atoms with Crippen LogP contribution >= 0.6 is 0 Å². The van der Waals surface area contributed by atoms with Crippen LogP contribution < -0.4 is 16.6 Å². The summed E-state index contributed by atoms with van der Waals surface area (Å²) in [6.45, 7) is 2.41. The summed E-state index contributed by atoms with van der Waals surface area (Å²) < 4.78 is 5.42. The zero-order valence-corrected chi connectivity index (χ0v) is 10.4. The first-order valence-corrected chi connectivity index (χ1v) is 6.29. The van der Waals surface area contributed by atoms with E-state index in [2.05, 4.69) is 15.7 Å². The first-order valence-electron chi connectivity index (χ1n) is 6.29. The number of para-hydroxylation sites is 1. The van der Waals surface area contributed by atoms with Gasteiger partial charge < -0.3 is 10.1 Å². The molecular weight excluding hydrogens is 228 g/mol. The predicted molar refractivity (Wildman–Crippen MR) is 73.2 cm³/mol. The highest BCUT2D eigenvalue weighted by Gasteiger charge is 2.13. The van der Waals surface area contributed by atoms with Crippen molar-refractivity contribution in [2.24, 2.45) is 16.8 Å². The van der Waals surface area contributed by atoms with Crippen molar-refractivity contribution < 1.29 is 4.74 Å². The van der Waals surface area contributed by atoms with Crippen LogP contribution in [0.3, 0.4) is 0 Å². The molecule has 1 aromatic carbocycles. The van der Waals surface area contributed by atoms with Gasteiger partial charge in [0.05, 0.1) is 6.61 Å². The molecule has 0 amide bonds. The molecule has 4 N–H and O–H groups in total. The molecule has 1 saturated heterocycles. The van der Waals surface area contributed by atoms with Crippen molar-refractivity contribution in [2.75, 3.05) is 25.1 Å². The minimum atomic E-state index is 0.500. The van der Waals surface area contributed by atoms with Gasteiger partial charge in [-0.2, -0.15) is 0 Å². The van der Waals surface area contributed by atoms with Crippen LogP contribution in [0.25, 0.3) is 0 Å². The Kier molecular flexibility index (Phi) is 4.99. The summed E-state index contributed by atoms with van der Waals surface area (Å²) >= 11 is 0. The number of hydrazine groups is 1. The summed E-state index contributed by atoms with van der Waals surface area (Å²) in [5.41, 5.74) is 3.55. The Balaban J connectivity index is 1.87. The number of benzene rings is 1. The molecule has 1 unspecified atom stereocenters. The molecule has 1 fully saturated rings. The van der Waals surface area contributed by atoms with Gasteiger partial charge in [-0.05, 0) is 25.0 Å². The maximum Gasteiger partial charge on any atom is 0.210 e. The van der Waals surface area contributed by atoms with E-state index in [9.17, 15) is 0 Å². The number of hydrogen-bond donors (Lipinski definition) is 3. The molecule has 0 saturated carbocycles. The van der Waals surface area contributed by atoms with Crippen LogP contribution in [-0.2, 0) is 4.74 Å². The van der Waals surface area contributed by atoms with Crippen LogP contribution in [0.4, 0.5) is 5.69 Å². The largest absolute Gasteiger partial charge is 0.381 e. The zero-order valence-electron chi connectivity index (χ0n) is 10.4. The monoisotopic (exact) mass is 248 g/mol. The lowest BCUT2D eigenvalue weighted by Crippen LogP contribution is -2.37. The third kappa shape index (κ3) is 4.01. The molecule has 0 aliphatic carbocycles. The molecule has 2 rings (SSSR count). The predicted octanol–water partition coefficient (Wildman–Crippen LogP) is 1.34. The summed E-state index contributed by atoms with van der Waals surface area (Å²) in [5, 5.41) is 3.14. The minimum absolute atomic E-state index is 0.500. The second-order valence-electron chi connectivity index (χ2n) is 4.41. The second kappa shape index (κ2) is 6.98. The van der Waals surface area contributed by atoms with E-state index in [1.165, 1.54) is 6.42 Å². The van der Waals surface area contributed by atoms with Gasteiger partial charge in [0.2, 0.25) is 5.96 Å². The summed E-state index contributed by atoms with van der Waals surface area (Å²) in [6.07, 6.45) is 2.30. The van der Waals surface area contributed by atoms with E-state index in [4.69, 9.17) is 10.6 Å². The highest BCUT2D eigenvalue weighted by molar-refractivity contribution is 5.93. The number of rotatable bonds is 3. The normalized spacial score (nSPS) is 20.5. The Bertz CT molecular complexity index is 374. The third-order valence-electron chi connectivity index (χ3n) is 2.94. The Labute approximate surface area is 107 Å². The van der Waals surface area contributed by atoms with Gasteiger partial charge in [0.1, 0.15) is 0 Å². The van der Waals surface area contributed by atoms with Gasteiger partial charge in [-0.3, -0.25) is 10.4 Å². The molecule has 1 aliphatic heterocycles. The van der Waals surface area contributed by atoms with Gasteiger partial charge in [0, 0.05) is 24.8 Å². The molecule has 98 valence electrons. The fourth-order valence-corrected chi connectivity index (χ4v) is 1.95. The van der Waals surface area contributed by atoms with Crippen molar-refractivity contribution in [2.45, 2.75) is 12.8 Å². The maximum absolute atomic E-state index is 5.46. The van der Waals surface area contributed by atoms with Crippen LogP contribution in [0.2, 0.25) is 0 Å². The first-order chi connectivity index (χ1) is 8.88. The highest BCUT2D eigenvalue weighted by Crippen LogP contribution is 2.13. The molecule has 5 nitrogen and oxygen atoms in total. The van der Waals surface area contributed by atoms with E-state index < -0.39 is 0 Å². The number of nitrogens with one attached hydrogen (secondary N) is 2. The maximum atomic E-state index is 5.46. The average molecular weight is 248 g/mol. The zero-order chi connectivity index (χ0) is 12.6. The molecule has 0 spiro atoms. The Morgan fingerprint density at radius 1 is 1.39 bits per heavy atom. The standard InChI is InChI=1S/C13H20N4O/c14-17-13(16-12-6-2-1-3-7-12)15-9-11-5-4-8-18-10-11/h1-3,6-7,11H,4-5,8-10,14H2,(H2,15,16,17). The number of hydrogen-bond acceptors (Lipinski definition) is 3. The van der Waals surface area contributed by atoms with Gasteiger partial charge in [-0.15, -0.1) is 0 Å². The molecule has 18 heavy (non-hydrogen) atoms. The van der Waals surface area contributed by atoms with Gasteiger partial charge in [0.25, 0.3) is 0 Å². The third-order valence-corrected chi connectivity index (χ3v) is 2.94. The Morgan fingerprint density at radius 2 is 2.22 bits per heavy atom. The van der Waals surface area contributed by atoms with E-state index in [1.807, 2.05) is 30.3 Å². The summed E-state index contributed by atoms with van der Waals surface area (Å²) in [6, 6.07) is 9.83. The number of aliphatic imine (C=N–C) groups is 1. The summed E-state index contributed by atoms with van der Waals surface area (Å²) in [5.74, 6) is 6.55. The first kappa shape index (κ1) is 12.9. The van der Waals surface area contributed by atoms with Crippen LogP contribution in [-0.4, -0.2) is 25.7 Å². The van der Waals surface area contributed by atoms with Gasteiger partial charge in [-0.1, -0.05) is 18.2 Å². The number of anilines is 1.